The highest BCUT2D eigenvalue weighted by molar-refractivity contribution is 7.93. The Hall–Kier alpha value is -2.16. The molecule has 3 aliphatic rings. The summed E-state index contributed by atoms with van der Waals surface area (Å²) in [4.78, 5) is -1.29. The van der Waals surface area contributed by atoms with Crippen molar-refractivity contribution >= 4 is 36.8 Å². The fourth-order valence-electron chi connectivity index (χ4n) is 7.67. The first kappa shape index (κ1) is 37.6. The molecule has 3 aromatic carbocycles. The smallest absolute Gasteiger partial charge is 0.261 e. The highest BCUT2D eigenvalue weighted by atomic mass is 32.2. The van der Waals surface area contributed by atoms with E-state index >= 15 is 0 Å². The number of benzene rings is 3. The normalized spacial score (nSPS) is 27.8. The van der Waals surface area contributed by atoms with Crippen molar-refractivity contribution in [1.82, 2.24) is 0 Å². The molecular weight excluding hydrogens is 681 g/mol. The Morgan fingerprint density at radius 3 is 1.90 bits per heavy atom. The number of epoxide rings is 1. The standard InChI is InChI=1S/C40H56O7SSi2/c1-38(2,3)49(7,8)47-35-27-34-33(25-18-26-43-34)45-36(35)28-40(48(41,42)30-19-12-9-13-20-30)37(46-40)29-44-50(39(4,5)6,31-21-14-10-15-22-31)32-23-16-11-17-24-32/h9-17,19-24,33-37H,18,25-29H2,1-8H3/t33-,34+,35-,36+,37-,40+/m0/s1. The molecule has 3 saturated heterocycles. The van der Waals surface area contributed by atoms with Crippen LogP contribution < -0.4 is 10.4 Å². The van der Waals surface area contributed by atoms with Crippen LogP contribution in [0, 0.1) is 0 Å². The molecule has 7 nitrogen and oxygen atoms in total. The third-order valence-corrected chi connectivity index (χ3v) is 23.3. The summed E-state index contributed by atoms with van der Waals surface area (Å²) in [5.41, 5.74) is 0. The molecule has 0 amide bonds. The molecule has 3 aliphatic heterocycles. The Balaban J connectivity index is 1.38. The molecule has 50 heavy (non-hydrogen) atoms. The van der Waals surface area contributed by atoms with E-state index in [1.54, 1.807) is 24.3 Å². The predicted molar refractivity (Wildman–Crippen MR) is 204 cm³/mol. The van der Waals surface area contributed by atoms with E-state index in [4.69, 9.17) is 23.1 Å². The van der Waals surface area contributed by atoms with Crippen molar-refractivity contribution in [2.24, 2.45) is 0 Å². The zero-order valence-corrected chi connectivity index (χ0v) is 33.9. The van der Waals surface area contributed by atoms with Crippen LogP contribution in [-0.2, 0) is 32.9 Å². The van der Waals surface area contributed by atoms with E-state index in [0.29, 0.717) is 13.0 Å². The van der Waals surface area contributed by atoms with Crippen molar-refractivity contribution in [1.29, 1.82) is 0 Å². The molecule has 0 radical (unpaired) electrons. The van der Waals surface area contributed by atoms with E-state index < -0.39 is 43.6 Å². The third kappa shape index (κ3) is 6.99. The average molecular weight is 737 g/mol. The van der Waals surface area contributed by atoms with Gasteiger partial charge in [-0.25, -0.2) is 8.42 Å². The molecule has 3 aromatic rings. The second kappa shape index (κ2) is 14.0. The first-order valence-electron chi connectivity index (χ1n) is 18.2. The zero-order chi connectivity index (χ0) is 36.0. The van der Waals surface area contributed by atoms with Gasteiger partial charge in [0.25, 0.3) is 8.32 Å². The van der Waals surface area contributed by atoms with Gasteiger partial charge in [0.05, 0.1) is 35.9 Å². The zero-order valence-electron chi connectivity index (χ0n) is 31.1. The third-order valence-electron chi connectivity index (χ3n) is 11.5. The van der Waals surface area contributed by atoms with Gasteiger partial charge in [0, 0.05) is 19.4 Å². The highest BCUT2D eigenvalue weighted by Crippen LogP contribution is 2.52. The van der Waals surface area contributed by atoms with Crippen LogP contribution in [-0.4, -0.2) is 73.7 Å². The molecule has 272 valence electrons. The molecule has 0 aliphatic carbocycles. The van der Waals surface area contributed by atoms with Gasteiger partial charge in [0.15, 0.2) is 8.32 Å². The first-order chi connectivity index (χ1) is 23.5. The number of sulfone groups is 1. The van der Waals surface area contributed by atoms with Crippen LogP contribution in [0.25, 0.3) is 0 Å². The van der Waals surface area contributed by atoms with Crippen molar-refractivity contribution < 1.29 is 31.5 Å². The summed E-state index contributed by atoms with van der Waals surface area (Å²) in [6.07, 6.45) is 0.971. The van der Waals surface area contributed by atoms with Crippen molar-refractivity contribution in [3.8, 4) is 0 Å². The fraction of sp³-hybridized carbons (Fsp3) is 0.550. The first-order valence-corrected chi connectivity index (χ1v) is 24.5. The Bertz CT molecular complexity index is 1650. The molecule has 0 aromatic heterocycles. The van der Waals surface area contributed by atoms with Crippen LogP contribution in [0.15, 0.2) is 95.9 Å². The van der Waals surface area contributed by atoms with Crippen LogP contribution >= 0.6 is 0 Å². The number of fused-ring (bicyclic) bond motifs is 1. The predicted octanol–water partition coefficient (Wildman–Crippen LogP) is 7.25. The molecule has 0 N–H and O–H groups in total. The molecule has 0 unspecified atom stereocenters. The monoisotopic (exact) mass is 736 g/mol. The van der Waals surface area contributed by atoms with Crippen LogP contribution in [0.2, 0.25) is 23.2 Å². The summed E-state index contributed by atoms with van der Waals surface area (Å²) in [6, 6.07) is 29.5. The van der Waals surface area contributed by atoms with Gasteiger partial charge in [-0.1, -0.05) is 120 Å². The molecule has 6 atom stereocenters. The Kier molecular flexibility index (Phi) is 10.5. The maximum absolute atomic E-state index is 14.8. The van der Waals surface area contributed by atoms with Gasteiger partial charge >= 0.3 is 0 Å². The van der Waals surface area contributed by atoms with Gasteiger partial charge in [0.2, 0.25) is 14.8 Å². The summed E-state index contributed by atoms with van der Waals surface area (Å²) < 4.78 is 63.6. The highest BCUT2D eigenvalue weighted by Gasteiger charge is 2.69. The van der Waals surface area contributed by atoms with E-state index in [-0.39, 0.29) is 46.3 Å². The lowest BCUT2D eigenvalue weighted by Crippen LogP contribution is -2.67. The van der Waals surface area contributed by atoms with Gasteiger partial charge in [-0.15, -0.1) is 0 Å². The van der Waals surface area contributed by atoms with Gasteiger partial charge in [-0.2, -0.15) is 0 Å². The van der Waals surface area contributed by atoms with E-state index in [9.17, 15) is 8.42 Å². The average Bonchev–Trinajstić information content (AvgIpc) is 3.79. The van der Waals surface area contributed by atoms with Gasteiger partial charge < -0.3 is 23.1 Å². The molecular formula is C40H56O7SSi2. The topological polar surface area (TPSA) is 83.6 Å². The Labute approximate surface area is 302 Å². The second-order valence-electron chi connectivity index (χ2n) is 16.8. The maximum Gasteiger partial charge on any atom is 0.261 e. The van der Waals surface area contributed by atoms with Crippen molar-refractivity contribution in [3.63, 3.8) is 0 Å². The van der Waals surface area contributed by atoms with Crippen molar-refractivity contribution in [3.05, 3.63) is 91.0 Å². The lowest BCUT2D eigenvalue weighted by atomic mass is 9.91. The minimum atomic E-state index is -3.98. The molecule has 0 bridgehead atoms. The van der Waals surface area contributed by atoms with E-state index in [2.05, 4.69) is 103 Å². The minimum absolute atomic E-state index is 0.0299. The molecule has 3 heterocycles. The lowest BCUT2D eigenvalue weighted by molar-refractivity contribution is -0.201. The number of ether oxygens (including phenoxy) is 3. The van der Waals surface area contributed by atoms with E-state index in [0.717, 1.165) is 23.2 Å². The number of hydrogen-bond donors (Lipinski definition) is 0. The minimum Gasteiger partial charge on any atom is -0.411 e. The molecule has 3 fully saturated rings. The summed E-state index contributed by atoms with van der Waals surface area (Å²) in [6.45, 7) is 18.7. The van der Waals surface area contributed by atoms with Gasteiger partial charge in [0.1, 0.15) is 6.10 Å². The van der Waals surface area contributed by atoms with Crippen molar-refractivity contribution in [2.75, 3.05) is 13.2 Å². The largest absolute Gasteiger partial charge is 0.411 e. The number of rotatable bonds is 11. The molecule has 0 spiro atoms. The summed E-state index contributed by atoms with van der Waals surface area (Å²) >= 11 is 0. The summed E-state index contributed by atoms with van der Waals surface area (Å²) in [7, 11) is -9.19. The number of hydrogen-bond acceptors (Lipinski definition) is 7. The summed E-state index contributed by atoms with van der Waals surface area (Å²) in [5, 5.41) is 1.98. The second-order valence-corrected chi connectivity index (χ2v) is 28.1. The molecule has 6 rings (SSSR count). The fourth-order valence-corrected chi connectivity index (χ4v) is 15.5. The van der Waals surface area contributed by atoms with Crippen LogP contribution in [0.1, 0.15) is 67.2 Å². The SMILES string of the molecule is CC(C)(C)[Si](C)(C)O[C@H]1C[C@H]2OCCC[C@@H]2O[C@@H]1C[C@]1(S(=O)(=O)c2ccccc2)O[C@H]1CO[Si](c1ccccc1)(c1ccccc1)C(C)(C)C. The van der Waals surface area contributed by atoms with Crippen LogP contribution in [0.5, 0.6) is 0 Å². The Morgan fingerprint density at radius 2 is 1.36 bits per heavy atom. The van der Waals surface area contributed by atoms with Gasteiger partial charge in [-0.05, 0) is 58.5 Å². The maximum atomic E-state index is 14.8. The molecule has 0 saturated carbocycles. The lowest BCUT2D eigenvalue weighted by Gasteiger charge is -2.48. The van der Waals surface area contributed by atoms with Crippen LogP contribution in [0.3, 0.4) is 0 Å². The van der Waals surface area contributed by atoms with E-state index in [1.165, 1.54) is 0 Å². The van der Waals surface area contributed by atoms with Crippen molar-refractivity contribution in [2.45, 2.75) is 131 Å². The van der Waals surface area contributed by atoms with E-state index in [1.807, 2.05) is 18.2 Å². The quantitative estimate of drug-likeness (QED) is 0.152. The Morgan fingerprint density at radius 1 is 0.800 bits per heavy atom. The van der Waals surface area contributed by atoms with Crippen LogP contribution in [0.4, 0.5) is 0 Å². The summed E-state index contributed by atoms with van der Waals surface area (Å²) in [5.74, 6) is 0. The molecule has 10 heteroatoms. The van der Waals surface area contributed by atoms with Gasteiger partial charge in [-0.3, -0.25) is 0 Å².